The van der Waals surface area contributed by atoms with Gasteiger partial charge in [0.2, 0.25) is 11.1 Å². The van der Waals surface area contributed by atoms with Crippen molar-refractivity contribution in [1.82, 2.24) is 30.8 Å². The van der Waals surface area contributed by atoms with Crippen LogP contribution in [0, 0.1) is 5.92 Å². The van der Waals surface area contributed by atoms with Crippen LogP contribution in [-0.4, -0.2) is 50.5 Å². The summed E-state index contributed by atoms with van der Waals surface area (Å²) in [6.07, 6.45) is 4.34. The van der Waals surface area contributed by atoms with Crippen LogP contribution in [0.15, 0.2) is 29.4 Å². The van der Waals surface area contributed by atoms with Crippen molar-refractivity contribution in [3.05, 3.63) is 24.3 Å². The second kappa shape index (κ2) is 10.2. The highest BCUT2D eigenvalue weighted by Crippen LogP contribution is 2.26. The maximum atomic E-state index is 12.2. The maximum absolute atomic E-state index is 12.2. The number of aromatic nitrogens is 4. The molecule has 10 heteroatoms. The zero-order valence-corrected chi connectivity index (χ0v) is 17.4. The third kappa shape index (κ3) is 5.69. The molecule has 9 nitrogen and oxygen atoms in total. The smallest absolute Gasteiger partial charge is 0.321 e. The lowest BCUT2D eigenvalue weighted by molar-refractivity contribution is -0.117. The van der Waals surface area contributed by atoms with Gasteiger partial charge in [0.15, 0.2) is 0 Å². The molecule has 1 aromatic heterocycles. The number of carbonyl (C=O) groups excluding carboxylic acids is 2. The van der Waals surface area contributed by atoms with E-state index in [0.29, 0.717) is 29.1 Å². The Hall–Kier alpha value is -2.62. The predicted octanol–water partition coefficient (Wildman–Crippen LogP) is 2.56. The molecule has 3 amide bonds. The van der Waals surface area contributed by atoms with Crippen LogP contribution < -0.4 is 15.4 Å². The summed E-state index contributed by atoms with van der Waals surface area (Å²) in [5, 5.41) is 17.4. The molecule has 0 radical (unpaired) electrons. The van der Waals surface area contributed by atoms with Crippen molar-refractivity contribution in [1.29, 1.82) is 0 Å². The lowest BCUT2D eigenvalue weighted by atomic mass is 9.86. The Morgan fingerprint density at radius 3 is 2.86 bits per heavy atom. The number of carbonyl (C=O) groups is 2. The van der Waals surface area contributed by atoms with E-state index in [4.69, 9.17) is 4.74 Å². The summed E-state index contributed by atoms with van der Waals surface area (Å²) in [7, 11) is 0. The summed E-state index contributed by atoms with van der Waals surface area (Å²) in [5.41, 5.74) is 0.686. The number of hydrogen-bond donors (Lipinski definition) is 2. The molecule has 1 saturated carbocycles. The van der Waals surface area contributed by atoms with Gasteiger partial charge in [0.25, 0.3) is 0 Å². The van der Waals surface area contributed by atoms with Gasteiger partial charge in [0.1, 0.15) is 11.4 Å². The summed E-state index contributed by atoms with van der Waals surface area (Å²) in [5.74, 6) is 0.692. The van der Waals surface area contributed by atoms with E-state index >= 15 is 0 Å². The molecule has 0 unspecified atom stereocenters. The number of nitrogens with one attached hydrogen (secondary N) is 2. The van der Waals surface area contributed by atoms with Crippen LogP contribution in [0.1, 0.15) is 39.5 Å². The topological polar surface area (TPSA) is 111 Å². The molecule has 1 heterocycles. The standard InChI is InChI=1S/C19H26N6O3S/c1-3-28-16-11-7-6-10-15(16)25-19(22-23-24-25)29-12-17(26)21-18(27)20-14-9-5-4-8-13(14)2/h6-7,10-11,13-14H,3-5,8-9,12H2,1-2H3,(H2,20,21,26,27)/t13-,14+/m0/s1. The second-order valence-electron chi connectivity index (χ2n) is 6.95. The third-order valence-electron chi connectivity index (χ3n) is 4.85. The number of hydrogen-bond acceptors (Lipinski definition) is 7. The maximum Gasteiger partial charge on any atom is 0.321 e. The summed E-state index contributed by atoms with van der Waals surface area (Å²) < 4.78 is 7.14. The molecule has 3 rings (SSSR count). The number of para-hydroxylation sites is 2. The van der Waals surface area contributed by atoms with Gasteiger partial charge in [0, 0.05) is 6.04 Å². The Bertz CT molecular complexity index is 843. The highest BCUT2D eigenvalue weighted by molar-refractivity contribution is 7.99. The number of ether oxygens (including phenoxy) is 1. The lowest BCUT2D eigenvalue weighted by Gasteiger charge is -2.29. The van der Waals surface area contributed by atoms with Crippen molar-refractivity contribution < 1.29 is 14.3 Å². The Labute approximate surface area is 174 Å². The van der Waals surface area contributed by atoms with Crippen LogP contribution >= 0.6 is 11.8 Å². The Morgan fingerprint density at radius 2 is 2.07 bits per heavy atom. The van der Waals surface area contributed by atoms with E-state index in [1.165, 1.54) is 11.1 Å². The molecular formula is C19H26N6O3S. The number of urea groups is 1. The molecule has 1 aromatic carbocycles. The van der Waals surface area contributed by atoms with Crippen LogP contribution in [0.5, 0.6) is 5.75 Å². The molecule has 0 saturated heterocycles. The summed E-state index contributed by atoms with van der Waals surface area (Å²) in [6, 6.07) is 7.06. The number of amides is 3. The zero-order valence-electron chi connectivity index (χ0n) is 16.6. The highest BCUT2D eigenvalue weighted by Gasteiger charge is 2.23. The molecule has 2 N–H and O–H groups in total. The van der Waals surface area contributed by atoms with Crippen LogP contribution in [0.25, 0.3) is 5.69 Å². The average Bonchev–Trinajstić information content (AvgIpc) is 3.17. The lowest BCUT2D eigenvalue weighted by Crippen LogP contribution is -2.48. The first kappa shape index (κ1) is 21.1. The quantitative estimate of drug-likeness (QED) is 0.665. The molecule has 29 heavy (non-hydrogen) atoms. The van der Waals surface area contributed by atoms with Gasteiger partial charge in [-0.2, -0.15) is 4.68 Å². The van der Waals surface area contributed by atoms with Gasteiger partial charge >= 0.3 is 6.03 Å². The van der Waals surface area contributed by atoms with Gasteiger partial charge in [-0.15, -0.1) is 5.10 Å². The van der Waals surface area contributed by atoms with Gasteiger partial charge in [-0.25, -0.2) is 4.79 Å². The molecule has 1 fully saturated rings. The number of rotatable bonds is 7. The van der Waals surface area contributed by atoms with Crippen molar-refractivity contribution >= 4 is 23.7 Å². The molecule has 156 valence electrons. The van der Waals surface area contributed by atoms with Crippen LogP contribution in [-0.2, 0) is 4.79 Å². The van der Waals surface area contributed by atoms with Crippen LogP contribution in [0.3, 0.4) is 0 Å². The highest BCUT2D eigenvalue weighted by atomic mass is 32.2. The first-order valence-electron chi connectivity index (χ1n) is 9.82. The number of thioether (sulfide) groups is 1. The normalized spacial score (nSPS) is 18.8. The Balaban J connectivity index is 1.55. The largest absolute Gasteiger partial charge is 0.492 e. The SMILES string of the molecule is CCOc1ccccc1-n1nnnc1SCC(=O)NC(=O)N[C@@H]1CCCC[C@@H]1C. The minimum atomic E-state index is -0.448. The number of benzene rings is 1. The molecule has 1 aliphatic carbocycles. The van der Waals surface area contributed by atoms with Crippen molar-refractivity contribution in [3.63, 3.8) is 0 Å². The van der Waals surface area contributed by atoms with Crippen LogP contribution in [0.2, 0.25) is 0 Å². The summed E-state index contributed by atoms with van der Waals surface area (Å²) in [6.45, 7) is 4.54. The van der Waals surface area contributed by atoms with Gasteiger partial charge < -0.3 is 10.1 Å². The first-order chi connectivity index (χ1) is 14.1. The number of nitrogens with zero attached hydrogens (tertiary/aromatic N) is 4. The zero-order chi connectivity index (χ0) is 20.6. The van der Waals surface area contributed by atoms with E-state index in [-0.39, 0.29) is 11.8 Å². The fourth-order valence-electron chi connectivity index (χ4n) is 3.36. The molecule has 2 atom stereocenters. The predicted molar refractivity (Wildman–Crippen MR) is 109 cm³/mol. The van der Waals surface area contributed by atoms with E-state index in [1.807, 2.05) is 31.2 Å². The monoisotopic (exact) mass is 418 g/mol. The van der Waals surface area contributed by atoms with Crippen molar-refractivity contribution in [3.8, 4) is 11.4 Å². The molecule has 0 bridgehead atoms. The van der Waals surface area contributed by atoms with Crippen molar-refractivity contribution in [2.75, 3.05) is 12.4 Å². The summed E-state index contributed by atoms with van der Waals surface area (Å²) in [4.78, 5) is 24.3. The van der Waals surface area contributed by atoms with E-state index in [9.17, 15) is 9.59 Å². The van der Waals surface area contributed by atoms with Gasteiger partial charge in [-0.1, -0.05) is 43.7 Å². The van der Waals surface area contributed by atoms with E-state index in [2.05, 4.69) is 33.1 Å². The number of imide groups is 1. The van der Waals surface area contributed by atoms with Gasteiger partial charge in [-0.05, 0) is 48.2 Å². The second-order valence-corrected chi connectivity index (χ2v) is 7.90. The Kier molecular flexibility index (Phi) is 7.45. The van der Waals surface area contributed by atoms with E-state index in [0.717, 1.165) is 31.0 Å². The fraction of sp³-hybridized carbons (Fsp3) is 0.526. The Morgan fingerprint density at radius 1 is 1.28 bits per heavy atom. The molecular weight excluding hydrogens is 392 g/mol. The molecule has 2 aromatic rings. The van der Waals surface area contributed by atoms with Crippen LogP contribution in [0.4, 0.5) is 4.79 Å². The van der Waals surface area contributed by atoms with E-state index < -0.39 is 11.9 Å². The first-order valence-corrected chi connectivity index (χ1v) is 10.8. The third-order valence-corrected chi connectivity index (χ3v) is 5.77. The molecule has 0 aliphatic heterocycles. The minimum Gasteiger partial charge on any atom is -0.492 e. The van der Waals surface area contributed by atoms with Crippen molar-refractivity contribution in [2.45, 2.75) is 50.7 Å². The van der Waals surface area contributed by atoms with Gasteiger partial charge in [0.05, 0.1) is 12.4 Å². The molecule has 1 aliphatic rings. The minimum absolute atomic E-state index is 0.0187. The average molecular weight is 419 g/mol. The summed E-state index contributed by atoms with van der Waals surface area (Å²) >= 11 is 1.15. The van der Waals surface area contributed by atoms with E-state index in [1.54, 1.807) is 0 Å². The fourth-order valence-corrected chi connectivity index (χ4v) is 4.04. The molecule has 0 spiro atoms. The number of tetrazole rings is 1. The van der Waals surface area contributed by atoms with Crippen molar-refractivity contribution in [2.24, 2.45) is 5.92 Å². The van der Waals surface area contributed by atoms with Gasteiger partial charge in [-0.3, -0.25) is 10.1 Å².